The SMILES string of the molecule is OC[C@H]1O[C@@H](Cn2ccnc2)[C@H](O)[C@@H](O)[C@@H]1O. The zero-order valence-electron chi connectivity index (χ0n) is 9.12. The summed E-state index contributed by atoms with van der Waals surface area (Å²) in [5.74, 6) is 0. The summed E-state index contributed by atoms with van der Waals surface area (Å²) in [7, 11) is 0. The van der Waals surface area contributed by atoms with Crippen LogP contribution in [0.1, 0.15) is 0 Å². The van der Waals surface area contributed by atoms with Gasteiger partial charge in [-0.05, 0) is 0 Å². The summed E-state index contributed by atoms with van der Waals surface area (Å²) in [5, 5.41) is 38.0. The highest BCUT2D eigenvalue weighted by Crippen LogP contribution is 2.22. The minimum atomic E-state index is -1.32. The molecule has 1 fully saturated rings. The fraction of sp³-hybridized carbons (Fsp3) is 0.700. The molecule has 7 nitrogen and oxygen atoms in total. The molecule has 4 N–H and O–H groups in total. The van der Waals surface area contributed by atoms with Crippen LogP contribution in [0.3, 0.4) is 0 Å². The molecule has 1 aromatic heterocycles. The molecule has 1 aliphatic rings. The Morgan fingerprint density at radius 1 is 1.12 bits per heavy atom. The largest absolute Gasteiger partial charge is 0.394 e. The van der Waals surface area contributed by atoms with Crippen LogP contribution < -0.4 is 0 Å². The normalized spacial score (nSPS) is 38.2. The average Bonchev–Trinajstić information content (AvgIpc) is 2.83. The Labute approximate surface area is 97.9 Å². The quantitative estimate of drug-likeness (QED) is 0.477. The molecule has 2 rings (SSSR count). The van der Waals surface area contributed by atoms with Crippen molar-refractivity contribution in [3.05, 3.63) is 18.7 Å². The molecule has 96 valence electrons. The summed E-state index contributed by atoms with van der Waals surface area (Å²) in [6.07, 6.45) is -0.548. The van der Waals surface area contributed by atoms with Gasteiger partial charge in [-0.1, -0.05) is 0 Å². The highest BCUT2D eigenvalue weighted by molar-refractivity contribution is 4.92. The van der Waals surface area contributed by atoms with Crippen LogP contribution in [0.4, 0.5) is 0 Å². The first-order chi connectivity index (χ1) is 8.13. The van der Waals surface area contributed by atoms with Crippen molar-refractivity contribution in [3.63, 3.8) is 0 Å². The topological polar surface area (TPSA) is 108 Å². The Bertz CT molecular complexity index is 342. The molecular weight excluding hydrogens is 228 g/mol. The molecule has 1 aliphatic heterocycles. The first-order valence-electron chi connectivity index (χ1n) is 5.39. The lowest BCUT2D eigenvalue weighted by Gasteiger charge is -2.40. The molecule has 0 aromatic carbocycles. The number of hydrogen-bond donors (Lipinski definition) is 4. The lowest BCUT2D eigenvalue weighted by molar-refractivity contribution is -0.231. The minimum absolute atomic E-state index is 0.293. The van der Waals surface area contributed by atoms with E-state index in [-0.39, 0.29) is 0 Å². The van der Waals surface area contributed by atoms with Gasteiger partial charge in [0.05, 0.1) is 19.5 Å². The zero-order chi connectivity index (χ0) is 12.4. The summed E-state index contributed by atoms with van der Waals surface area (Å²) in [4.78, 5) is 3.85. The molecule has 1 saturated heterocycles. The maximum Gasteiger partial charge on any atom is 0.111 e. The van der Waals surface area contributed by atoms with Crippen molar-refractivity contribution in [3.8, 4) is 0 Å². The predicted octanol–water partition coefficient (Wildman–Crippen LogP) is -2.27. The van der Waals surface area contributed by atoms with E-state index >= 15 is 0 Å². The van der Waals surface area contributed by atoms with Gasteiger partial charge >= 0.3 is 0 Å². The molecule has 0 amide bonds. The van der Waals surface area contributed by atoms with E-state index in [4.69, 9.17) is 9.84 Å². The maximum absolute atomic E-state index is 9.77. The summed E-state index contributed by atoms with van der Waals surface area (Å²) < 4.78 is 7.03. The van der Waals surface area contributed by atoms with Crippen molar-refractivity contribution in [1.29, 1.82) is 0 Å². The van der Waals surface area contributed by atoms with Gasteiger partial charge in [0, 0.05) is 12.4 Å². The van der Waals surface area contributed by atoms with Gasteiger partial charge in [-0.15, -0.1) is 0 Å². The van der Waals surface area contributed by atoms with Gasteiger partial charge in [-0.3, -0.25) is 0 Å². The van der Waals surface area contributed by atoms with Gasteiger partial charge < -0.3 is 29.7 Å². The molecule has 7 heteroatoms. The highest BCUT2D eigenvalue weighted by Gasteiger charge is 2.43. The Hall–Kier alpha value is -0.990. The van der Waals surface area contributed by atoms with E-state index in [1.807, 2.05) is 0 Å². The van der Waals surface area contributed by atoms with Crippen LogP contribution in [-0.2, 0) is 11.3 Å². The molecule has 0 saturated carbocycles. The number of ether oxygens (including phenoxy) is 1. The Morgan fingerprint density at radius 3 is 2.41 bits per heavy atom. The number of nitrogens with zero attached hydrogens (tertiary/aromatic N) is 2. The number of rotatable bonds is 3. The van der Waals surface area contributed by atoms with Crippen LogP contribution in [0.5, 0.6) is 0 Å². The summed E-state index contributed by atoms with van der Waals surface area (Å²) >= 11 is 0. The molecular formula is C10H16N2O5. The van der Waals surface area contributed by atoms with Crippen molar-refractivity contribution in [2.45, 2.75) is 37.1 Å². The Kier molecular flexibility index (Phi) is 3.75. The van der Waals surface area contributed by atoms with E-state index in [1.54, 1.807) is 23.3 Å². The van der Waals surface area contributed by atoms with Gasteiger partial charge in [0.25, 0.3) is 0 Å². The van der Waals surface area contributed by atoms with Gasteiger partial charge in [0.2, 0.25) is 0 Å². The number of aliphatic hydroxyl groups is 4. The molecule has 0 spiro atoms. The van der Waals surface area contributed by atoms with E-state index in [0.29, 0.717) is 6.54 Å². The third kappa shape index (κ3) is 2.48. The van der Waals surface area contributed by atoms with Crippen molar-refractivity contribution in [2.75, 3.05) is 6.61 Å². The average molecular weight is 244 g/mol. The molecule has 2 heterocycles. The van der Waals surface area contributed by atoms with Crippen LogP contribution in [0.15, 0.2) is 18.7 Å². The molecule has 5 atom stereocenters. The van der Waals surface area contributed by atoms with Crippen LogP contribution in [-0.4, -0.2) is 67.1 Å². The van der Waals surface area contributed by atoms with Gasteiger partial charge in [-0.2, -0.15) is 0 Å². The summed E-state index contributed by atoms with van der Waals surface area (Å²) in [6.45, 7) is -0.118. The second-order valence-corrected chi connectivity index (χ2v) is 4.13. The van der Waals surface area contributed by atoms with Gasteiger partial charge in [0.1, 0.15) is 30.5 Å². The first-order valence-corrected chi connectivity index (χ1v) is 5.39. The summed E-state index contributed by atoms with van der Waals surface area (Å²) in [5.41, 5.74) is 0. The third-order valence-electron chi connectivity index (χ3n) is 2.94. The van der Waals surface area contributed by atoms with Crippen LogP contribution in [0.2, 0.25) is 0 Å². The Morgan fingerprint density at radius 2 is 1.82 bits per heavy atom. The van der Waals surface area contributed by atoms with E-state index in [1.165, 1.54) is 0 Å². The second-order valence-electron chi connectivity index (χ2n) is 4.13. The molecule has 0 aliphatic carbocycles. The van der Waals surface area contributed by atoms with Crippen molar-refractivity contribution in [2.24, 2.45) is 0 Å². The van der Waals surface area contributed by atoms with E-state index in [9.17, 15) is 15.3 Å². The molecule has 0 bridgehead atoms. The van der Waals surface area contributed by atoms with Gasteiger partial charge in [0.15, 0.2) is 0 Å². The van der Waals surface area contributed by atoms with Crippen LogP contribution >= 0.6 is 0 Å². The first kappa shape index (κ1) is 12.5. The van der Waals surface area contributed by atoms with Crippen molar-refractivity contribution < 1.29 is 25.2 Å². The molecule has 0 radical (unpaired) electrons. The monoisotopic (exact) mass is 244 g/mol. The number of aliphatic hydroxyl groups excluding tert-OH is 4. The summed E-state index contributed by atoms with van der Waals surface area (Å²) in [6, 6.07) is 0. The zero-order valence-corrected chi connectivity index (χ0v) is 9.12. The third-order valence-corrected chi connectivity index (χ3v) is 2.94. The smallest absolute Gasteiger partial charge is 0.111 e. The van der Waals surface area contributed by atoms with E-state index < -0.39 is 37.1 Å². The minimum Gasteiger partial charge on any atom is -0.394 e. The van der Waals surface area contributed by atoms with Gasteiger partial charge in [-0.25, -0.2) is 4.98 Å². The molecule has 1 aromatic rings. The number of hydrogen-bond acceptors (Lipinski definition) is 6. The number of aromatic nitrogens is 2. The van der Waals surface area contributed by atoms with Crippen LogP contribution in [0.25, 0.3) is 0 Å². The molecule has 17 heavy (non-hydrogen) atoms. The van der Waals surface area contributed by atoms with Crippen molar-refractivity contribution in [1.82, 2.24) is 9.55 Å². The van der Waals surface area contributed by atoms with Crippen LogP contribution in [0, 0.1) is 0 Å². The number of imidazole rings is 1. The van der Waals surface area contributed by atoms with Crippen molar-refractivity contribution >= 4 is 0 Å². The lowest BCUT2D eigenvalue weighted by Crippen LogP contribution is -2.59. The molecule has 0 unspecified atom stereocenters. The predicted molar refractivity (Wildman–Crippen MR) is 56.0 cm³/mol. The fourth-order valence-corrected chi connectivity index (χ4v) is 1.93. The van der Waals surface area contributed by atoms with E-state index in [2.05, 4.69) is 4.98 Å². The highest BCUT2D eigenvalue weighted by atomic mass is 16.5. The fourth-order valence-electron chi connectivity index (χ4n) is 1.93. The Balaban J connectivity index is 2.06. The van der Waals surface area contributed by atoms with E-state index in [0.717, 1.165) is 0 Å². The standard InChI is InChI=1S/C10H16N2O5/c13-4-7-9(15)10(16)8(14)6(17-7)3-12-2-1-11-5-12/h1-2,5-10,13-16H,3-4H2/t6-,7+,8-,9+,10+/m0/s1. The second kappa shape index (κ2) is 5.11. The maximum atomic E-state index is 9.77. The lowest BCUT2D eigenvalue weighted by atomic mass is 9.95.